The molecule has 0 amide bonds. The van der Waals surface area contributed by atoms with Crippen LogP contribution in [0.4, 0.5) is 0 Å². The Labute approximate surface area is 85.9 Å². The molecule has 2 aromatic rings. The minimum Gasteiger partial charge on any atom is -0.392 e. The van der Waals surface area contributed by atoms with Gasteiger partial charge >= 0.3 is 5.76 Å². The number of aromatic nitrogens is 2. The summed E-state index contributed by atoms with van der Waals surface area (Å²) in [7, 11) is 0. The van der Waals surface area contributed by atoms with Crippen LogP contribution in [0.3, 0.4) is 0 Å². The number of H-pyrrole nitrogens is 1. The Bertz CT molecular complexity index is 516. The molecule has 0 unspecified atom stereocenters. The third kappa shape index (κ3) is 1.38. The second-order valence-corrected chi connectivity index (χ2v) is 3.83. The summed E-state index contributed by atoms with van der Waals surface area (Å²) >= 11 is 0. The molecule has 0 atom stereocenters. The molecule has 0 spiro atoms. The maximum Gasteiger partial charge on any atom is 0.434 e. The summed E-state index contributed by atoms with van der Waals surface area (Å²) in [6.45, 7) is 0. The maximum atomic E-state index is 10.8. The summed E-state index contributed by atoms with van der Waals surface area (Å²) < 4.78 is 4.98. The van der Waals surface area contributed by atoms with Crippen molar-refractivity contribution >= 4 is 0 Å². The zero-order valence-electron chi connectivity index (χ0n) is 8.06. The van der Waals surface area contributed by atoms with Crippen LogP contribution in [0.25, 0.3) is 0 Å². The van der Waals surface area contributed by atoms with Gasteiger partial charge < -0.3 is 4.42 Å². The van der Waals surface area contributed by atoms with Crippen molar-refractivity contribution in [3.8, 4) is 0 Å². The van der Waals surface area contributed by atoms with Gasteiger partial charge in [-0.2, -0.15) is 0 Å². The molecule has 1 aromatic carbocycles. The molecule has 1 aliphatic carbocycles. The first-order valence-corrected chi connectivity index (χ1v) is 4.95. The summed E-state index contributed by atoms with van der Waals surface area (Å²) in [6, 6.07) is 8.28. The third-order valence-electron chi connectivity index (χ3n) is 2.85. The quantitative estimate of drug-likeness (QED) is 0.757. The van der Waals surface area contributed by atoms with Crippen LogP contribution < -0.4 is 5.76 Å². The van der Waals surface area contributed by atoms with Gasteiger partial charge in [0.15, 0.2) is 0 Å². The van der Waals surface area contributed by atoms with Crippen LogP contribution in [0.5, 0.6) is 0 Å². The lowest BCUT2D eigenvalue weighted by atomic mass is 10.1. The molecular weight excluding hydrogens is 192 g/mol. The van der Waals surface area contributed by atoms with Gasteiger partial charge in [-0.3, -0.25) is 0 Å². The van der Waals surface area contributed by atoms with Crippen molar-refractivity contribution in [2.45, 2.75) is 18.8 Å². The Morgan fingerprint density at radius 1 is 1.27 bits per heavy atom. The molecule has 0 bridgehead atoms. The SMILES string of the molecule is O=c1[nH]nc(C2Cc3ccccc3C2)o1. The van der Waals surface area contributed by atoms with Crippen molar-refractivity contribution in [3.63, 3.8) is 0 Å². The van der Waals surface area contributed by atoms with Crippen LogP contribution in [-0.2, 0) is 12.8 Å². The Kier molecular flexibility index (Phi) is 1.74. The fraction of sp³-hybridized carbons (Fsp3) is 0.273. The summed E-state index contributed by atoms with van der Waals surface area (Å²) in [4.78, 5) is 10.8. The summed E-state index contributed by atoms with van der Waals surface area (Å²) in [5.74, 6) is 0.263. The van der Waals surface area contributed by atoms with Crippen LogP contribution in [0, 0.1) is 0 Å². The maximum absolute atomic E-state index is 10.8. The fourth-order valence-electron chi connectivity index (χ4n) is 2.15. The highest BCUT2D eigenvalue weighted by atomic mass is 16.4. The normalized spacial score (nSPS) is 15.5. The number of hydrogen-bond donors (Lipinski definition) is 1. The number of benzene rings is 1. The molecule has 4 nitrogen and oxygen atoms in total. The van der Waals surface area contributed by atoms with Crippen LogP contribution in [0.2, 0.25) is 0 Å². The predicted molar refractivity (Wildman–Crippen MR) is 53.7 cm³/mol. The highest BCUT2D eigenvalue weighted by molar-refractivity contribution is 5.34. The number of nitrogens with zero attached hydrogens (tertiary/aromatic N) is 1. The first kappa shape index (κ1) is 8.47. The minimum atomic E-state index is -0.471. The highest BCUT2D eigenvalue weighted by Gasteiger charge is 2.26. The smallest absolute Gasteiger partial charge is 0.392 e. The van der Waals surface area contributed by atoms with Crippen LogP contribution >= 0.6 is 0 Å². The number of aromatic amines is 1. The minimum absolute atomic E-state index is 0.210. The van der Waals surface area contributed by atoms with Gasteiger partial charge in [0.05, 0.1) is 0 Å². The molecule has 76 valence electrons. The number of fused-ring (bicyclic) bond motifs is 1. The van der Waals surface area contributed by atoms with E-state index in [-0.39, 0.29) is 5.92 Å². The largest absolute Gasteiger partial charge is 0.434 e. The van der Waals surface area contributed by atoms with Crippen molar-refractivity contribution in [1.82, 2.24) is 10.2 Å². The first-order chi connectivity index (χ1) is 7.33. The van der Waals surface area contributed by atoms with Gasteiger partial charge in [-0.1, -0.05) is 24.3 Å². The third-order valence-corrected chi connectivity index (χ3v) is 2.85. The lowest BCUT2D eigenvalue weighted by molar-refractivity contribution is 0.427. The van der Waals surface area contributed by atoms with Gasteiger partial charge in [-0.15, -0.1) is 5.10 Å². The molecule has 1 aromatic heterocycles. The van der Waals surface area contributed by atoms with Crippen LogP contribution in [-0.4, -0.2) is 10.2 Å². The van der Waals surface area contributed by atoms with Gasteiger partial charge in [0.2, 0.25) is 5.89 Å². The van der Waals surface area contributed by atoms with Crippen molar-refractivity contribution in [3.05, 3.63) is 51.8 Å². The molecule has 15 heavy (non-hydrogen) atoms. The van der Waals surface area contributed by atoms with Gasteiger partial charge in [0, 0.05) is 5.92 Å². The molecule has 0 fully saturated rings. The highest BCUT2D eigenvalue weighted by Crippen LogP contribution is 2.32. The van der Waals surface area contributed by atoms with E-state index < -0.39 is 5.76 Å². The summed E-state index contributed by atoms with van der Waals surface area (Å²) in [6.07, 6.45) is 1.81. The van der Waals surface area contributed by atoms with Crippen molar-refractivity contribution in [2.24, 2.45) is 0 Å². The summed E-state index contributed by atoms with van der Waals surface area (Å²) in [5.41, 5.74) is 2.65. The molecule has 0 saturated heterocycles. The van der Waals surface area contributed by atoms with E-state index in [4.69, 9.17) is 4.42 Å². The standard InChI is InChI=1S/C11H10N2O2/c14-11-13-12-10(15-11)9-5-7-3-1-2-4-8(7)6-9/h1-4,9H,5-6H2,(H,13,14). The van der Waals surface area contributed by atoms with Gasteiger partial charge in [0.1, 0.15) is 0 Å². The van der Waals surface area contributed by atoms with Crippen molar-refractivity contribution in [2.75, 3.05) is 0 Å². The van der Waals surface area contributed by atoms with E-state index in [2.05, 4.69) is 22.3 Å². The van der Waals surface area contributed by atoms with Gasteiger partial charge in [-0.25, -0.2) is 9.89 Å². The van der Waals surface area contributed by atoms with Crippen LogP contribution in [0.15, 0.2) is 33.5 Å². The number of nitrogens with one attached hydrogen (secondary N) is 1. The lowest BCUT2D eigenvalue weighted by Gasteiger charge is -1.99. The van der Waals surface area contributed by atoms with E-state index >= 15 is 0 Å². The molecule has 0 radical (unpaired) electrons. The zero-order chi connectivity index (χ0) is 10.3. The van der Waals surface area contributed by atoms with E-state index in [1.54, 1.807) is 0 Å². The average Bonchev–Trinajstić information content (AvgIpc) is 2.82. The number of rotatable bonds is 1. The second kappa shape index (κ2) is 3.08. The zero-order valence-corrected chi connectivity index (χ0v) is 8.06. The molecule has 0 saturated carbocycles. The van der Waals surface area contributed by atoms with E-state index in [1.807, 2.05) is 12.1 Å². The average molecular weight is 202 g/mol. The molecule has 1 N–H and O–H groups in total. The van der Waals surface area contributed by atoms with E-state index in [0.717, 1.165) is 12.8 Å². The lowest BCUT2D eigenvalue weighted by Crippen LogP contribution is -1.98. The van der Waals surface area contributed by atoms with E-state index in [0.29, 0.717) is 5.89 Å². The van der Waals surface area contributed by atoms with E-state index in [9.17, 15) is 4.79 Å². The van der Waals surface area contributed by atoms with Crippen LogP contribution in [0.1, 0.15) is 22.9 Å². The second-order valence-electron chi connectivity index (χ2n) is 3.83. The first-order valence-electron chi connectivity index (χ1n) is 4.95. The Balaban J connectivity index is 1.93. The molecule has 3 rings (SSSR count). The van der Waals surface area contributed by atoms with Gasteiger partial charge in [0.25, 0.3) is 0 Å². The van der Waals surface area contributed by atoms with Crippen molar-refractivity contribution in [1.29, 1.82) is 0 Å². The molecular formula is C11H10N2O2. The summed E-state index contributed by atoms with van der Waals surface area (Å²) in [5, 5.41) is 6.18. The monoisotopic (exact) mass is 202 g/mol. The van der Waals surface area contributed by atoms with E-state index in [1.165, 1.54) is 11.1 Å². The molecule has 1 heterocycles. The topological polar surface area (TPSA) is 58.9 Å². The van der Waals surface area contributed by atoms with Crippen molar-refractivity contribution < 1.29 is 4.42 Å². The fourth-order valence-corrected chi connectivity index (χ4v) is 2.15. The Morgan fingerprint density at radius 3 is 2.47 bits per heavy atom. The predicted octanol–water partition coefficient (Wildman–Crippen LogP) is 1.25. The number of hydrogen-bond acceptors (Lipinski definition) is 3. The molecule has 1 aliphatic rings. The molecule has 0 aliphatic heterocycles. The Morgan fingerprint density at radius 2 is 1.93 bits per heavy atom. The molecule has 4 heteroatoms. The van der Waals surface area contributed by atoms with Gasteiger partial charge in [-0.05, 0) is 24.0 Å². The Hall–Kier alpha value is -1.84.